The topological polar surface area (TPSA) is 58.6 Å². The first kappa shape index (κ1) is 14.1. The van der Waals surface area contributed by atoms with E-state index in [9.17, 15) is 0 Å². The van der Waals surface area contributed by atoms with Crippen LogP contribution in [0.1, 0.15) is 17.3 Å². The highest BCUT2D eigenvalue weighted by Crippen LogP contribution is 2.22. The largest absolute Gasteiger partial charge is 0.378 e. The maximum Gasteiger partial charge on any atom is 0.193 e. The summed E-state index contributed by atoms with van der Waals surface area (Å²) in [5.41, 5.74) is 6.28. The second kappa shape index (κ2) is 5.85. The fourth-order valence-corrected chi connectivity index (χ4v) is 3.10. The molecule has 3 rings (SSSR count). The van der Waals surface area contributed by atoms with Gasteiger partial charge in [0.05, 0.1) is 11.7 Å². The molecule has 2 aromatic heterocycles. The van der Waals surface area contributed by atoms with Gasteiger partial charge in [-0.1, -0.05) is 12.1 Å². The number of hydrogen-bond acceptors (Lipinski definition) is 5. The van der Waals surface area contributed by atoms with Crippen LogP contribution in [-0.2, 0) is 6.42 Å². The van der Waals surface area contributed by atoms with Crippen molar-refractivity contribution in [2.45, 2.75) is 12.5 Å². The van der Waals surface area contributed by atoms with Gasteiger partial charge in [-0.15, -0.1) is 11.3 Å². The highest BCUT2D eigenvalue weighted by molar-refractivity contribution is 7.15. The SMILES string of the molecule is CN(C)c1cccc(C(Cc2cn3ccsc3n2)NN)c1. The Morgan fingerprint density at radius 2 is 2.29 bits per heavy atom. The lowest BCUT2D eigenvalue weighted by molar-refractivity contribution is 0.547. The van der Waals surface area contributed by atoms with E-state index >= 15 is 0 Å². The molecular formula is C15H19N5S. The Balaban J connectivity index is 1.84. The summed E-state index contributed by atoms with van der Waals surface area (Å²) in [7, 11) is 4.07. The zero-order chi connectivity index (χ0) is 14.8. The average Bonchev–Trinajstić information content (AvgIpc) is 3.05. The summed E-state index contributed by atoms with van der Waals surface area (Å²) in [6.45, 7) is 0. The number of imidazole rings is 1. The molecule has 0 aliphatic rings. The van der Waals surface area contributed by atoms with Crippen molar-refractivity contribution in [3.63, 3.8) is 0 Å². The molecule has 3 aromatic rings. The maximum atomic E-state index is 5.75. The van der Waals surface area contributed by atoms with Gasteiger partial charge in [-0.25, -0.2) is 4.98 Å². The summed E-state index contributed by atoms with van der Waals surface area (Å²) < 4.78 is 2.05. The van der Waals surface area contributed by atoms with E-state index in [1.165, 1.54) is 11.3 Å². The summed E-state index contributed by atoms with van der Waals surface area (Å²) >= 11 is 1.64. The molecule has 0 fully saturated rings. The van der Waals surface area contributed by atoms with Gasteiger partial charge in [0.15, 0.2) is 4.96 Å². The Labute approximate surface area is 128 Å². The number of rotatable bonds is 5. The highest BCUT2D eigenvalue weighted by Gasteiger charge is 2.14. The second-order valence-corrected chi connectivity index (χ2v) is 6.11. The number of thiazole rings is 1. The molecule has 0 saturated heterocycles. The summed E-state index contributed by atoms with van der Waals surface area (Å²) in [5, 5.41) is 2.03. The fraction of sp³-hybridized carbons (Fsp3) is 0.267. The zero-order valence-corrected chi connectivity index (χ0v) is 13.0. The number of nitrogens with zero attached hydrogens (tertiary/aromatic N) is 3. The van der Waals surface area contributed by atoms with Crippen molar-refractivity contribution in [3.05, 3.63) is 53.3 Å². The van der Waals surface area contributed by atoms with Crippen LogP contribution in [-0.4, -0.2) is 23.5 Å². The van der Waals surface area contributed by atoms with E-state index in [0.29, 0.717) is 0 Å². The quantitative estimate of drug-likeness (QED) is 0.560. The lowest BCUT2D eigenvalue weighted by Gasteiger charge is -2.18. The van der Waals surface area contributed by atoms with Crippen molar-refractivity contribution in [2.24, 2.45) is 5.84 Å². The monoisotopic (exact) mass is 301 g/mol. The number of hydrazine groups is 1. The minimum atomic E-state index is 0.0505. The van der Waals surface area contributed by atoms with Crippen molar-refractivity contribution in [2.75, 3.05) is 19.0 Å². The molecule has 1 unspecified atom stereocenters. The molecule has 0 amide bonds. The average molecular weight is 301 g/mol. The Kier molecular flexibility index (Phi) is 3.92. The Morgan fingerprint density at radius 3 is 3.00 bits per heavy atom. The maximum absolute atomic E-state index is 5.75. The molecule has 6 heteroatoms. The molecule has 2 heterocycles. The van der Waals surface area contributed by atoms with E-state index < -0.39 is 0 Å². The van der Waals surface area contributed by atoms with E-state index in [1.54, 1.807) is 11.3 Å². The summed E-state index contributed by atoms with van der Waals surface area (Å²) in [5.74, 6) is 5.75. The molecule has 5 nitrogen and oxygen atoms in total. The van der Waals surface area contributed by atoms with Crippen LogP contribution in [0.2, 0.25) is 0 Å². The first-order valence-electron chi connectivity index (χ1n) is 6.82. The van der Waals surface area contributed by atoms with E-state index in [0.717, 1.165) is 17.1 Å². The van der Waals surface area contributed by atoms with Gasteiger partial charge in [-0.3, -0.25) is 15.7 Å². The predicted molar refractivity (Wildman–Crippen MR) is 87.6 cm³/mol. The number of nitrogens with two attached hydrogens (primary N) is 1. The van der Waals surface area contributed by atoms with Crippen LogP contribution in [0.15, 0.2) is 42.0 Å². The molecular weight excluding hydrogens is 282 g/mol. The first-order chi connectivity index (χ1) is 10.2. The smallest absolute Gasteiger partial charge is 0.193 e. The summed E-state index contributed by atoms with van der Waals surface area (Å²) in [6, 6.07) is 8.44. The number of nitrogens with one attached hydrogen (secondary N) is 1. The van der Waals surface area contributed by atoms with Gasteiger partial charge in [-0.2, -0.15) is 0 Å². The third kappa shape index (κ3) is 2.92. The summed E-state index contributed by atoms with van der Waals surface area (Å²) in [6.07, 6.45) is 4.85. The molecule has 0 aliphatic heterocycles. The van der Waals surface area contributed by atoms with Crippen LogP contribution in [0.5, 0.6) is 0 Å². The van der Waals surface area contributed by atoms with Crippen LogP contribution in [0.3, 0.4) is 0 Å². The van der Waals surface area contributed by atoms with Crippen LogP contribution >= 0.6 is 11.3 Å². The van der Waals surface area contributed by atoms with Gasteiger partial charge < -0.3 is 4.90 Å². The van der Waals surface area contributed by atoms with Gasteiger partial charge >= 0.3 is 0 Å². The number of hydrogen-bond donors (Lipinski definition) is 2. The lowest BCUT2D eigenvalue weighted by atomic mass is 10.0. The van der Waals surface area contributed by atoms with Gasteiger partial charge in [0.25, 0.3) is 0 Å². The molecule has 0 aliphatic carbocycles. The van der Waals surface area contributed by atoms with Crippen molar-refractivity contribution in [3.8, 4) is 0 Å². The van der Waals surface area contributed by atoms with E-state index in [1.807, 2.05) is 30.1 Å². The number of aromatic nitrogens is 2. The predicted octanol–water partition coefficient (Wildman–Crippen LogP) is 2.21. The number of benzene rings is 1. The van der Waals surface area contributed by atoms with E-state index in [4.69, 9.17) is 5.84 Å². The fourth-order valence-electron chi connectivity index (χ4n) is 2.38. The van der Waals surface area contributed by atoms with Crippen molar-refractivity contribution < 1.29 is 0 Å². The third-order valence-electron chi connectivity index (χ3n) is 3.55. The molecule has 0 spiro atoms. The minimum Gasteiger partial charge on any atom is -0.378 e. The first-order valence-corrected chi connectivity index (χ1v) is 7.70. The molecule has 1 aromatic carbocycles. The molecule has 3 N–H and O–H groups in total. The van der Waals surface area contributed by atoms with Crippen molar-refractivity contribution in [1.82, 2.24) is 14.8 Å². The normalized spacial score (nSPS) is 12.7. The van der Waals surface area contributed by atoms with Gasteiger partial charge in [-0.05, 0) is 17.7 Å². The van der Waals surface area contributed by atoms with Gasteiger partial charge in [0.2, 0.25) is 0 Å². The second-order valence-electron chi connectivity index (χ2n) is 5.24. The van der Waals surface area contributed by atoms with Crippen LogP contribution in [0, 0.1) is 0 Å². The Bertz CT molecular complexity index is 702. The molecule has 0 radical (unpaired) electrons. The van der Waals surface area contributed by atoms with Crippen LogP contribution < -0.4 is 16.2 Å². The van der Waals surface area contributed by atoms with Gasteiger partial charge in [0.1, 0.15) is 0 Å². The standard InChI is InChI=1S/C15H19N5S/c1-19(2)13-5-3-4-11(8-13)14(18-16)9-12-10-20-6-7-21-15(20)17-12/h3-8,10,14,18H,9,16H2,1-2H3. The third-order valence-corrected chi connectivity index (χ3v) is 4.32. The highest BCUT2D eigenvalue weighted by atomic mass is 32.1. The molecule has 1 atom stereocenters. The van der Waals surface area contributed by atoms with E-state index in [2.05, 4.69) is 45.8 Å². The number of fused-ring (bicyclic) bond motifs is 1. The van der Waals surface area contributed by atoms with Crippen LogP contribution in [0.25, 0.3) is 4.96 Å². The summed E-state index contributed by atoms with van der Waals surface area (Å²) in [4.78, 5) is 7.72. The molecule has 0 bridgehead atoms. The lowest BCUT2D eigenvalue weighted by Crippen LogP contribution is -2.29. The van der Waals surface area contributed by atoms with Crippen LogP contribution in [0.4, 0.5) is 5.69 Å². The Morgan fingerprint density at radius 1 is 1.43 bits per heavy atom. The number of anilines is 1. The Hall–Kier alpha value is -1.89. The van der Waals surface area contributed by atoms with Crippen molar-refractivity contribution in [1.29, 1.82) is 0 Å². The van der Waals surface area contributed by atoms with E-state index in [-0.39, 0.29) is 6.04 Å². The molecule has 110 valence electrons. The van der Waals surface area contributed by atoms with Gasteiger partial charge in [0, 0.05) is 44.0 Å². The minimum absolute atomic E-state index is 0.0505. The molecule has 0 saturated carbocycles. The zero-order valence-electron chi connectivity index (χ0n) is 12.2. The molecule has 21 heavy (non-hydrogen) atoms. The van der Waals surface area contributed by atoms with Crippen molar-refractivity contribution >= 4 is 22.0 Å².